The van der Waals surface area contributed by atoms with E-state index in [-0.39, 0.29) is 0 Å². The molecule has 106 valence electrons. The van der Waals surface area contributed by atoms with Gasteiger partial charge in [-0.1, -0.05) is 41.4 Å². The molecule has 2 N–H and O–H groups in total. The lowest BCUT2D eigenvalue weighted by molar-refractivity contribution is 0.292. The van der Waals surface area contributed by atoms with E-state index in [0.29, 0.717) is 19.0 Å². The zero-order valence-electron chi connectivity index (χ0n) is 11.6. The summed E-state index contributed by atoms with van der Waals surface area (Å²) in [5.74, 6) is 0.652. The van der Waals surface area contributed by atoms with Gasteiger partial charge in [0.2, 0.25) is 5.88 Å². The molecule has 0 saturated heterocycles. The topological polar surface area (TPSA) is 48.1 Å². The van der Waals surface area contributed by atoms with Crippen LogP contribution in [-0.4, -0.2) is 4.98 Å². The van der Waals surface area contributed by atoms with E-state index < -0.39 is 0 Å². The average Bonchev–Trinajstić information content (AvgIpc) is 2.47. The second-order valence-electron chi connectivity index (χ2n) is 4.67. The van der Waals surface area contributed by atoms with Crippen molar-refractivity contribution in [3.8, 4) is 5.88 Å². The lowest BCUT2D eigenvalue weighted by Gasteiger charge is -2.09. The van der Waals surface area contributed by atoms with Crippen molar-refractivity contribution in [2.45, 2.75) is 32.9 Å². The van der Waals surface area contributed by atoms with Crippen LogP contribution in [0.1, 0.15) is 30.2 Å². The minimum Gasteiger partial charge on any atom is -0.473 e. The Morgan fingerprint density at radius 3 is 2.55 bits per heavy atom. The second-order valence-corrected chi connectivity index (χ2v) is 5.59. The van der Waals surface area contributed by atoms with E-state index in [1.165, 1.54) is 0 Å². The first-order chi connectivity index (χ1) is 9.71. The van der Waals surface area contributed by atoms with Gasteiger partial charge in [-0.2, -0.15) is 0 Å². The van der Waals surface area contributed by atoms with Gasteiger partial charge in [-0.3, -0.25) is 0 Å². The monoisotopic (exact) mass is 334 g/mol. The normalized spacial score (nSPS) is 10.6. The van der Waals surface area contributed by atoms with Gasteiger partial charge in [0.05, 0.1) is 0 Å². The van der Waals surface area contributed by atoms with Gasteiger partial charge in [-0.05, 0) is 35.7 Å². The summed E-state index contributed by atoms with van der Waals surface area (Å²) in [5, 5.41) is 0. The summed E-state index contributed by atoms with van der Waals surface area (Å²) < 4.78 is 6.84. The first kappa shape index (κ1) is 15.0. The van der Waals surface area contributed by atoms with Crippen LogP contribution >= 0.6 is 15.9 Å². The maximum absolute atomic E-state index is 5.78. The van der Waals surface area contributed by atoms with Crippen LogP contribution in [0.15, 0.2) is 40.9 Å². The van der Waals surface area contributed by atoms with Gasteiger partial charge in [0.1, 0.15) is 6.61 Å². The molecule has 0 aliphatic carbocycles. The number of hydrogen-bond donors (Lipinski definition) is 1. The molecule has 0 spiro atoms. The molecule has 0 fully saturated rings. The highest BCUT2D eigenvalue weighted by atomic mass is 79.9. The van der Waals surface area contributed by atoms with Crippen molar-refractivity contribution in [2.24, 2.45) is 5.73 Å². The van der Waals surface area contributed by atoms with Crippen LogP contribution in [0.25, 0.3) is 0 Å². The molecule has 4 heteroatoms. The predicted octanol–water partition coefficient (Wildman–Crippen LogP) is 3.83. The molecule has 0 radical (unpaired) electrons. The molecular weight excluding hydrogens is 316 g/mol. The molecule has 0 aliphatic rings. The summed E-state index contributed by atoms with van der Waals surface area (Å²) in [5.41, 5.74) is 8.94. The number of aromatic nitrogens is 1. The molecule has 3 nitrogen and oxygen atoms in total. The lowest BCUT2D eigenvalue weighted by atomic mass is 10.1. The number of halogens is 1. The molecule has 1 heterocycles. The fourth-order valence-corrected chi connectivity index (χ4v) is 2.20. The van der Waals surface area contributed by atoms with Crippen molar-refractivity contribution >= 4 is 15.9 Å². The number of ether oxygens (including phenoxy) is 1. The van der Waals surface area contributed by atoms with Crippen molar-refractivity contribution in [1.29, 1.82) is 0 Å². The molecule has 0 amide bonds. The Kier molecular flexibility index (Phi) is 5.56. The Morgan fingerprint density at radius 1 is 1.15 bits per heavy atom. The van der Waals surface area contributed by atoms with E-state index in [9.17, 15) is 0 Å². The van der Waals surface area contributed by atoms with E-state index in [0.717, 1.165) is 34.1 Å². The molecule has 2 rings (SSSR count). The van der Waals surface area contributed by atoms with Gasteiger partial charge >= 0.3 is 0 Å². The molecule has 0 unspecified atom stereocenters. The maximum atomic E-state index is 5.78. The zero-order chi connectivity index (χ0) is 14.4. The Balaban J connectivity index is 2.07. The van der Waals surface area contributed by atoms with Crippen LogP contribution in [0.2, 0.25) is 0 Å². The highest BCUT2D eigenvalue weighted by molar-refractivity contribution is 9.10. The number of nitrogens with two attached hydrogens (primary N) is 1. The molecule has 2 aromatic rings. The fourth-order valence-electron chi connectivity index (χ4n) is 1.93. The van der Waals surface area contributed by atoms with Gasteiger partial charge in [-0.25, -0.2) is 4.98 Å². The van der Waals surface area contributed by atoms with Crippen LogP contribution < -0.4 is 10.5 Å². The summed E-state index contributed by atoms with van der Waals surface area (Å²) in [4.78, 5) is 4.52. The van der Waals surface area contributed by atoms with E-state index >= 15 is 0 Å². The number of hydrogen-bond acceptors (Lipinski definition) is 3. The molecule has 0 aliphatic heterocycles. The van der Waals surface area contributed by atoms with Gasteiger partial charge in [0, 0.05) is 22.8 Å². The van der Waals surface area contributed by atoms with Crippen molar-refractivity contribution in [3.05, 3.63) is 57.7 Å². The third-order valence-corrected chi connectivity index (χ3v) is 3.49. The Morgan fingerprint density at radius 2 is 1.90 bits per heavy atom. The van der Waals surface area contributed by atoms with Crippen LogP contribution in [-0.2, 0) is 19.6 Å². The molecule has 20 heavy (non-hydrogen) atoms. The van der Waals surface area contributed by atoms with E-state index in [2.05, 4.69) is 33.9 Å². The van der Waals surface area contributed by atoms with Crippen molar-refractivity contribution in [3.63, 3.8) is 0 Å². The third-order valence-electron chi connectivity index (χ3n) is 2.96. The molecule has 0 bridgehead atoms. The van der Waals surface area contributed by atoms with Crippen molar-refractivity contribution in [2.75, 3.05) is 0 Å². The summed E-state index contributed by atoms with van der Waals surface area (Å²) in [6.07, 6.45) is 2.01. The van der Waals surface area contributed by atoms with Gasteiger partial charge in [0.25, 0.3) is 0 Å². The molecule has 0 atom stereocenters. The Bertz CT molecular complexity index is 555. The van der Waals surface area contributed by atoms with Crippen molar-refractivity contribution in [1.82, 2.24) is 4.98 Å². The van der Waals surface area contributed by atoms with Gasteiger partial charge in [0.15, 0.2) is 0 Å². The standard InChI is InChI=1S/C16H19BrN2O/c1-2-3-15-8-13(10-18)9-16(19-15)20-11-12-4-6-14(17)7-5-12/h4-9H,2-3,10-11,18H2,1H3. The first-order valence-electron chi connectivity index (χ1n) is 6.78. The number of nitrogens with zero attached hydrogens (tertiary/aromatic N) is 1. The SMILES string of the molecule is CCCc1cc(CN)cc(OCc2ccc(Br)cc2)n1. The van der Waals surface area contributed by atoms with E-state index in [1.54, 1.807) is 0 Å². The molecule has 1 aromatic carbocycles. The highest BCUT2D eigenvalue weighted by Crippen LogP contribution is 2.16. The van der Waals surface area contributed by atoms with Crippen LogP contribution in [0.5, 0.6) is 5.88 Å². The van der Waals surface area contributed by atoms with Crippen LogP contribution in [0.3, 0.4) is 0 Å². The summed E-state index contributed by atoms with van der Waals surface area (Å²) >= 11 is 3.42. The number of benzene rings is 1. The van der Waals surface area contributed by atoms with Gasteiger partial charge in [-0.15, -0.1) is 0 Å². The first-order valence-corrected chi connectivity index (χ1v) is 7.57. The molecule has 1 aromatic heterocycles. The average molecular weight is 335 g/mol. The highest BCUT2D eigenvalue weighted by Gasteiger charge is 2.03. The number of aryl methyl sites for hydroxylation is 1. The molecular formula is C16H19BrN2O. The number of pyridine rings is 1. The molecule has 0 saturated carbocycles. The predicted molar refractivity (Wildman–Crippen MR) is 84.6 cm³/mol. The quantitative estimate of drug-likeness (QED) is 0.873. The minimum absolute atomic E-state index is 0.508. The lowest BCUT2D eigenvalue weighted by Crippen LogP contribution is -2.03. The van der Waals surface area contributed by atoms with Crippen LogP contribution in [0.4, 0.5) is 0 Å². The smallest absolute Gasteiger partial charge is 0.214 e. The summed E-state index contributed by atoms with van der Waals surface area (Å²) in [7, 11) is 0. The second kappa shape index (κ2) is 7.41. The Labute approximate surface area is 128 Å². The van der Waals surface area contributed by atoms with E-state index in [4.69, 9.17) is 10.5 Å². The largest absolute Gasteiger partial charge is 0.473 e. The summed E-state index contributed by atoms with van der Waals surface area (Å²) in [6, 6.07) is 12.0. The minimum atomic E-state index is 0.508. The van der Waals surface area contributed by atoms with Gasteiger partial charge < -0.3 is 10.5 Å². The third kappa shape index (κ3) is 4.32. The van der Waals surface area contributed by atoms with Crippen LogP contribution in [0, 0.1) is 0 Å². The maximum Gasteiger partial charge on any atom is 0.214 e. The number of rotatable bonds is 6. The zero-order valence-corrected chi connectivity index (χ0v) is 13.2. The van der Waals surface area contributed by atoms with E-state index in [1.807, 2.05) is 30.3 Å². The fraction of sp³-hybridized carbons (Fsp3) is 0.312. The summed E-state index contributed by atoms with van der Waals surface area (Å²) in [6.45, 7) is 3.16. The Hall–Kier alpha value is -1.39. The van der Waals surface area contributed by atoms with Crippen molar-refractivity contribution < 1.29 is 4.74 Å².